The van der Waals surface area contributed by atoms with Crippen LogP contribution in [-0.2, 0) is 6.42 Å². The molecule has 0 amide bonds. The Morgan fingerprint density at radius 1 is 1.19 bits per heavy atom. The second kappa shape index (κ2) is 6.96. The third kappa shape index (κ3) is 3.35. The zero-order valence-electron chi connectivity index (χ0n) is 14.3. The number of nitrogens with zero attached hydrogens (tertiary/aromatic N) is 2. The SMILES string of the molecule is COc1ccccc1Cc1cc2c(N)nc(-c3ccc(C(F)F)o3)nc2s1. The normalized spacial score (nSPS) is 11.4. The summed E-state index contributed by atoms with van der Waals surface area (Å²) >= 11 is 1.47. The number of benzene rings is 1. The number of alkyl halides is 2. The summed E-state index contributed by atoms with van der Waals surface area (Å²) in [6.45, 7) is 0. The van der Waals surface area contributed by atoms with Crippen LogP contribution < -0.4 is 10.5 Å². The van der Waals surface area contributed by atoms with Crippen LogP contribution in [0.2, 0.25) is 0 Å². The predicted octanol–water partition coefficient (Wildman–Crippen LogP) is 5.07. The lowest BCUT2D eigenvalue weighted by Gasteiger charge is -2.06. The average molecular weight is 387 g/mol. The van der Waals surface area contributed by atoms with E-state index in [-0.39, 0.29) is 17.4 Å². The number of methoxy groups -OCH3 is 1. The molecule has 27 heavy (non-hydrogen) atoms. The number of halogens is 2. The van der Waals surface area contributed by atoms with Gasteiger partial charge in [0.2, 0.25) is 0 Å². The van der Waals surface area contributed by atoms with Crippen molar-refractivity contribution in [2.45, 2.75) is 12.8 Å². The second-order valence-electron chi connectivity index (χ2n) is 5.86. The number of nitrogen functional groups attached to an aromatic ring is 1. The summed E-state index contributed by atoms with van der Waals surface area (Å²) in [4.78, 5) is 10.4. The van der Waals surface area contributed by atoms with Gasteiger partial charge < -0.3 is 14.9 Å². The summed E-state index contributed by atoms with van der Waals surface area (Å²) in [5, 5.41) is 0.731. The number of anilines is 1. The number of para-hydroxylation sites is 1. The van der Waals surface area contributed by atoms with Crippen LogP contribution >= 0.6 is 11.3 Å². The van der Waals surface area contributed by atoms with Gasteiger partial charge in [-0.2, -0.15) is 0 Å². The van der Waals surface area contributed by atoms with E-state index >= 15 is 0 Å². The van der Waals surface area contributed by atoms with Crippen molar-refractivity contribution in [2.24, 2.45) is 0 Å². The number of fused-ring (bicyclic) bond motifs is 1. The molecule has 0 aliphatic rings. The van der Waals surface area contributed by atoms with Crippen molar-refractivity contribution in [3.63, 3.8) is 0 Å². The fraction of sp³-hybridized carbons (Fsp3) is 0.158. The molecule has 8 heteroatoms. The van der Waals surface area contributed by atoms with Crippen molar-refractivity contribution in [1.82, 2.24) is 9.97 Å². The van der Waals surface area contributed by atoms with Gasteiger partial charge in [-0.3, -0.25) is 0 Å². The van der Waals surface area contributed by atoms with Gasteiger partial charge in [-0.25, -0.2) is 18.7 Å². The minimum Gasteiger partial charge on any atom is -0.496 e. The van der Waals surface area contributed by atoms with Crippen LogP contribution in [0.3, 0.4) is 0 Å². The lowest BCUT2D eigenvalue weighted by molar-refractivity contribution is 0.122. The number of hydrogen-bond acceptors (Lipinski definition) is 6. The van der Waals surface area contributed by atoms with Crippen molar-refractivity contribution in [3.8, 4) is 17.3 Å². The molecular formula is C19H15F2N3O2S. The molecule has 5 nitrogen and oxygen atoms in total. The zero-order chi connectivity index (χ0) is 19.0. The van der Waals surface area contributed by atoms with Crippen LogP contribution in [0.5, 0.6) is 5.75 Å². The molecule has 0 saturated heterocycles. The summed E-state index contributed by atoms with van der Waals surface area (Å²) in [7, 11) is 1.64. The lowest BCUT2D eigenvalue weighted by atomic mass is 10.1. The van der Waals surface area contributed by atoms with Crippen molar-refractivity contribution in [1.29, 1.82) is 0 Å². The molecule has 0 bridgehead atoms. The van der Waals surface area contributed by atoms with Crippen LogP contribution in [0.25, 0.3) is 21.8 Å². The Morgan fingerprint density at radius 2 is 2.00 bits per heavy atom. The van der Waals surface area contributed by atoms with Crippen molar-refractivity contribution in [2.75, 3.05) is 12.8 Å². The van der Waals surface area contributed by atoms with E-state index in [2.05, 4.69) is 9.97 Å². The molecule has 1 aromatic carbocycles. The number of furan rings is 1. The average Bonchev–Trinajstić information content (AvgIpc) is 3.29. The van der Waals surface area contributed by atoms with Crippen molar-refractivity contribution >= 4 is 27.4 Å². The van der Waals surface area contributed by atoms with Crippen LogP contribution in [0.4, 0.5) is 14.6 Å². The molecule has 0 aliphatic heterocycles. The highest BCUT2D eigenvalue weighted by molar-refractivity contribution is 7.18. The Hall–Kier alpha value is -3.00. The Kier molecular flexibility index (Phi) is 4.49. The quantitative estimate of drug-likeness (QED) is 0.517. The van der Waals surface area contributed by atoms with Gasteiger partial charge in [-0.15, -0.1) is 11.3 Å². The summed E-state index contributed by atoms with van der Waals surface area (Å²) < 4.78 is 36.0. The van der Waals surface area contributed by atoms with Gasteiger partial charge in [0.25, 0.3) is 6.43 Å². The van der Waals surface area contributed by atoms with E-state index in [4.69, 9.17) is 14.9 Å². The van der Waals surface area contributed by atoms with Gasteiger partial charge in [-0.1, -0.05) is 18.2 Å². The standard InChI is InChI=1S/C19H15F2N3O2S/c1-25-13-5-3-2-4-10(13)8-11-9-12-17(22)23-18(24-19(12)27-11)15-7-6-14(26-15)16(20)21/h2-7,9,16H,8H2,1H3,(H2,22,23,24). The highest BCUT2D eigenvalue weighted by atomic mass is 32.1. The molecule has 3 aromatic heterocycles. The molecule has 2 N–H and O–H groups in total. The molecular weight excluding hydrogens is 372 g/mol. The number of ether oxygens (including phenoxy) is 1. The Balaban J connectivity index is 1.71. The molecule has 0 atom stereocenters. The molecule has 0 spiro atoms. The topological polar surface area (TPSA) is 74.2 Å². The zero-order valence-corrected chi connectivity index (χ0v) is 15.1. The number of thiophene rings is 1. The summed E-state index contributed by atoms with van der Waals surface area (Å²) in [6, 6.07) is 12.4. The lowest BCUT2D eigenvalue weighted by Crippen LogP contribution is -1.95. The summed E-state index contributed by atoms with van der Waals surface area (Å²) in [5.74, 6) is 1.03. The number of nitrogens with two attached hydrogens (primary N) is 1. The molecule has 4 rings (SSSR count). The molecule has 0 aliphatic carbocycles. The summed E-state index contributed by atoms with van der Waals surface area (Å²) in [5.41, 5.74) is 7.11. The molecule has 0 fully saturated rings. The van der Waals surface area contributed by atoms with Gasteiger partial charge in [0.05, 0.1) is 12.5 Å². The maximum absolute atomic E-state index is 12.7. The van der Waals surface area contributed by atoms with Gasteiger partial charge >= 0.3 is 0 Å². The first kappa shape index (κ1) is 17.4. The van der Waals surface area contributed by atoms with Gasteiger partial charge in [0.1, 0.15) is 16.4 Å². The molecule has 4 aromatic rings. The third-order valence-corrected chi connectivity index (χ3v) is 5.12. The van der Waals surface area contributed by atoms with E-state index in [1.807, 2.05) is 30.3 Å². The van der Waals surface area contributed by atoms with Crippen molar-refractivity contribution < 1.29 is 17.9 Å². The van der Waals surface area contributed by atoms with Gasteiger partial charge in [0, 0.05) is 11.3 Å². The van der Waals surface area contributed by atoms with Crippen LogP contribution in [0.15, 0.2) is 46.9 Å². The smallest absolute Gasteiger partial charge is 0.295 e. The largest absolute Gasteiger partial charge is 0.496 e. The van der Waals surface area contributed by atoms with Gasteiger partial charge in [-0.05, 0) is 29.8 Å². The minimum atomic E-state index is -2.69. The van der Waals surface area contributed by atoms with E-state index in [1.165, 1.54) is 23.5 Å². The molecule has 0 unspecified atom stereocenters. The monoisotopic (exact) mass is 387 g/mol. The maximum atomic E-state index is 12.7. The molecule has 0 saturated carbocycles. The van der Waals surface area contributed by atoms with Crippen LogP contribution in [0.1, 0.15) is 22.6 Å². The van der Waals surface area contributed by atoms with Crippen LogP contribution in [0, 0.1) is 0 Å². The molecule has 138 valence electrons. The Morgan fingerprint density at radius 3 is 2.74 bits per heavy atom. The first-order valence-electron chi connectivity index (χ1n) is 8.11. The summed E-state index contributed by atoms with van der Waals surface area (Å²) in [6.07, 6.45) is -2.02. The van der Waals surface area contributed by atoms with E-state index in [9.17, 15) is 8.78 Å². The van der Waals surface area contributed by atoms with E-state index in [1.54, 1.807) is 7.11 Å². The minimum absolute atomic E-state index is 0.165. The van der Waals surface area contributed by atoms with E-state index in [0.717, 1.165) is 21.6 Å². The molecule has 0 radical (unpaired) electrons. The van der Waals surface area contributed by atoms with E-state index < -0.39 is 12.2 Å². The Labute approximate surface area is 157 Å². The maximum Gasteiger partial charge on any atom is 0.295 e. The number of rotatable bonds is 5. The fourth-order valence-electron chi connectivity index (χ4n) is 2.82. The highest BCUT2D eigenvalue weighted by Crippen LogP contribution is 2.33. The first-order chi connectivity index (χ1) is 13.0. The van der Waals surface area contributed by atoms with E-state index in [0.29, 0.717) is 11.3 Å². The highest BCUT2D eigenvalue weighted by Gasteiger charge is 2.17. The van der Waals surface area contributed by atoms with Gasteiger partial charge in [0.15, 0.2) is 17.3 Å². The number of hydrogen-bond donors (Lipinski definition) is 1. The fourth-order valence-corrected chi connectivity index (χ4v) is 3.88. The third-order valence-electron chi connectivity index (χ3n) is 4.09. The molecule has 3 heterocycles. The predicted molar refractivity (Wildman–Crippen MR) is 100 cm³/mol. The first-order valence-corrected chi connectivity index (χ1v) is 8.93. The second-order valence-corrected chi connectivity index (χ2v) is 6.97. The van der Waals surface area contributed by atoms with Crippen LogP contribution in [-0.4, -0.2) is 17.1 Å². The Bertz CT molecular complexity index is 1110. The number of aromatic nitrogens is 2. The van der Waals surface area contributed by atoms with Crippen molar-refractivity contribution in [3.05, 3.63) is 58.7 Å².